The van der Waals surface area contributed by atoms with Crippen LogP contribution in [0.4, 0.5) is 0 Å². The van der Waals surface area contributed by atoms with Crippen LogP contribution in [0.5, 0.6) is 0 Å². The van der Waals surface area contributed by atoms with E-state index in [9.17, 15) is 9.59 Å². The molecule has 0 unspecified atom stereocenters. The molecule has 4 aliphatic carbocycles. The highest BCUT2D eigenvalue weighted by Crippen LogP contribution is 2.65. The lowest BCUT2D eigenvalue weighted by atomic mass is 9.47. The molecule has 3 heteroatoms. The van der Waals surface area contributed by atoms with Crippen molar-refractivity contribution in [1.82, 2.24) is 0 Å². The fraction of sp³-hybridized carbons (Fsp3) is 0.875. The van der Waals surface area contributed by atoms with Crippen LogP contribution in [0.2, 0.25) is 0 Å². The van der Waals surface area contributed by atoms with Gasteiger partial charge in [0.05, 0.1) is 0 Å². The summed E-state index contributed by atoms with van der Waals surface area (Å²) >= 11 is 0. The molecule has 0 saturated heterocycles. The molecule has 4 aliphatic rings. The summed E-state index contributed by atoms with van der Waals surface area (Å²) in [4.78, 5) is 24.8. The van der Waals surface area contributed by atoms with Gasteiger partial charge in [0.25, 0.3) is 0 Å². The van der Waals surface area contributed by atoms with Crippen LogP contribution in [0.15, 0.2) is 11.6 Å². The summed E-state index contributed by atoms with van der Waals surface area (Å²) in [5.74, 6) is 2.49. The second-order valence-electron chi connectivity index (χ2n) is 13.0. The molecular formula is C32H52O3. The maximum absolute atomic E-state index is 12.7. The van der Waals surface area contributed by atoms with Gasteiger partial charge in [0.1, 0.15) is 6.10 Å². The predicted octanol–water partition coefficient (Wildman–Crippen LogP) is 8.74. The van der Waals surface area contributed by atoms with E-state index in [2.05, 4.69) is 20.8 Å². The van der Waals surface area contributed by atoms with Gasteiger partial charge in [-0.3, -0.25) is 9.59 Å². The molecule has 35 heavy (non-hydrogen) atoms. The van der Waals surface area contributed by atoms with E-state index in [0.29, 0.717) is 24.0 Å². The van der Waals surface area contributed by atoms with Gasteiger partial charge in [0.2, 0.25) is 0 Å². The first kappa shape index (κ1) is 26.9. The lowest BCUT2D eigenvalue weighted by Gasteiger charge is -2.57. The van der Waals surface area contributed by atoms with E-state index in [0.717, 1.165) is 44.4 Å². The number of carbonyl (C=O) groups is 2. The Balaban J connectivity index is 1.20. The third-order valence-corrected chi connectivity index (χ3v) is 10.9. The smallest absolute Gasteiger partial charge is 0.306 e. The summed E-state index contributed by atoms with van der Waals surface area (Å²) in [5, 5.41) is 0. The number of hydrogen-bond acceptors (Lipinski definition) is 3. The Labute approximate surface area is 215 Å². The van der Waals surface area contributed by atoms with Gasteiger partial charge >= 0.3 is 5.97 Å². The van der Waals surface area contributed by atoms with E-state index in [4.69, 9.17) is 4.74 Å². The van der Waals surface area contributed by atoms with Gasteiger partial charge in [-0.25, -0.2) is 0 Å². The van der Waals surface area contributed by atoms with Crippen molar-refractivity contribution in [2.75, 3.05) is 0 Å². The summed E-state index contributed by atoms with van der Waals surface area (Å²) in [6.45, 7) is 7.15. The first-order valence-electron chi connectivity index (χ1n) is 15.3. The third-order valence-electron chi connectivity index (χ3n) is 10.9. The number of esters is 1. The van der Waals surface area contributed by atoms with E-state index in [1.165, 1.54) is 82.6 Å². The Morgan fingerprint density at radius 1 is 0.857 bits per heavy atom. The van der Waals surface area contributed by atoms with Crippen LogP contribution in [0.25, 0.3) is 0 Å². The molecule has 0 amide bonds. The van der Waals surface area contributed by atoms with Gasteiger partial charge < -0.3 is 4.74 Å². The van der Waals surface area contributed by atoms with Crippen LogP contribution >= 0.6 is 0 Å². The zero-order chi connectivity index (χ0) is 24.9. The van der Waals surface area contributed by atoms with Crippen molar-refractivity contribution < 1.29 is 14.3 Å². The van der Waals surface area contributed by atoms with Crippen molar-refractivity contribution in [1.29, 1.82) is 0 Å². The quantitative estimate of drug-likeness (QED) is 0.205. The number of ether oxygens (including phenoxy) is 1. The van der Waals surface area contributed by atoms with E-state index in [1.807, 2.05) is 6.08 Å². The normalized spacial score (nSPS) is 36.2. The van der Waals surface area contributed by atoms with Gasteiger partial charge in [-0.05, 0) is 80.6 Å². The van der Waals surface area contributed by atoms with Gasteiger partial charge in [0, 0.05) is 18.3 Å². The molecule has 0 aromatic rings. The van der Waals surface area contributed by atoms with Gasteiger partial charge in [0.15, 0.2) is 5.78 Å². The topological polar surface area (TPSA) is 43.4 Å². The van der Waals surface area contributed by atoms with Crippen molar-refractivity contribution >= 4 is 11.8 Å². The first-order valence-corrected chi connectivity index (χ1v) is 15.3. The molecule has 3 fully saturated rings. The Morgan fingerprint density at radius 3 is 2.26 bits per heavy atom. The molecule has 0 aliphatic heterocycles. The Hall–Kier alpha value is -1.12. The van der Waals surface area contributed by atoms with Gasteiger partial charge in [-0.15, -0.1) is 0 Å². The average molecular weight is 485 g/mol. The lowest BCUT2D eigenvalue weighted by molar-refractivity contribution is -0.160. The zero-order valence-electron chi connectivity index (χ0n) is 23.0. The predicted molar refractivity (Wildman–Crippen MR) is 143 cm³/mol. The fourth-order valence-electron chi connectivity index (χ4n) is 8.68. The van der Waals surface area contributed by atoms with Crippen LogP contribution in [-0.4, -0.2) is 17.9 Å². The molecule has 0 spiro atoms. The third kappa shape index (κ3) is 5.90. The number of rotatable bonds is 12. The molecule has 0 heterocycles. The molecule has 6 atom stereocenters. The van der Waals surface area contributed by atoms with Crippen LogP contribution < -0.4 is 0 Å². The van der Waals surface area contributed by atoms with Crippen molar-refractivity contribution in [3.8, 4) is 0 Å². The summed E-state index contributed by atoms with van der Waals surface area (Å²) < 4.78 is 6.20. The standard InChI is InChI=1S/C32H52O3/c1-4-5-6-7-8-9-10-11-12-13-14-30(34)35-29-18-17-27-26-16-15-24-23-25(33)19-21-31(24,2)28(26)20-22-32(27,29)3/h23,26-29H,4-22H2,1-3H3/t26-,27-,28-,29-,31+,32-/m0/s1. The Bertz CT molecular complexity index is 769. The number of unbranched alkanes of at least 4 members (excludes halogenated alkanes) is 9. The highest BCUT2D eigenvalue weighted by atomic mass is 16.5. The van der Waals surface area contributed by atoms with Crippen molar-refractivity contribution in [2.24, 2.45) is 28.6 Å². The maximum atomic E-state index is 12.7. The molecule has 198 valence electrons. The molecule has 3 nitrogen and oxygen atoms in total. The van der Waals surface area contributed by atoms with Crippen LogP contribution in [0.3, 0.4) is 0 Å². The van der Waals surface area contributed by atoms with Gasteiger partial charge in [-0.2, -0.15) is 0 Å². The first-order chi connectivity index (χ1) is 16.9. The average Bonchev–Trinajstić information content (AvgIpc) is 3.16. The Kier molecular flexibility index (Phi) is 9.19. The highest BCUT2D eigenvalue weighted by molar-refractivity contribution is 5.91. The maximum Gasteiger partial charge on any atom is 0.306 e. The van der Waals surface area contributed by atoms with E-state index >= 15 is 0 Å². The molecular weight excluding hydrogens is 432 g/mol. The van der Waals surface area contributed by atoms with Gasteiger partial charge in [-0.1, -0.05) is 84.1 Å². The lowest BCUT2D eigenvalue weighted by Crippen LogP contribution is -2.51. The number of allylic oxidation sites excluding steroid dienone is 1. The van der Waals surface area contributed by atoms with E-state index in [1.54, 1.807) is 0 Å². The monoisotopic (exact) mass is 484 g/mol. The fourth-order valence-corrected chi connectivity index (χ4v) is 8.68. The molecule has 0 bridgehead atoms. The Morgan fingerprint density at radius 2 is 1.54 bits per heavy atom. The largest absolute Gasteiger partial charge is 0.462 e. The van der Waals surface area contributed by atoms with Crippen molar-refractivity contribution in [2.45, 2.75) is 149 Å². The molecule has 3 saturated carbocycles. The molecule has 0 aromatic heterocycles. The minimum absolute atomic E-state index is 0.0465. The summed E-state index contributed by atoms with van der Waals surface area (Å²) in [5.41, 5.74) is 1.81. The molecule has 4 rings (SSSR count). The second kappa shape index (κ2) is 12.0. The minimum Gasteiger partial charge on any atom is -0.462 e. The van der Waals surface area contributed by atoms with E-state index < -0.39 is 0 Å². The number of ketones is 1. The van der Waals surface area contributed by atoms with Crippen molar-refractivity contribution in [3.63, 3.8) is 0 Å². The van der Waals surface area contributed by atoms with Crippen LogP contribution in [-0.2, 0) is 14.3 Å². The van der Waals surface area contributed by atoms with Crippen LogP contribution in [0.1, 0.15) is 143 Å². The molecule has 0 aromatic carbocycles. The number of hydrogen-bond donors (Lipinski definition) is 0. The molecule has 0 N–H and O–H groups in total. The van der Waals surface area contributed by atoms with Crippen molar-refractivity contribution in [3.05, 3.63) is 11.6 Å². The minimum atomic E-state index is 0.0465. The highest BCUT2D eigenvalue weighted by Gasteiger charge is 2.59. The number of carbonyl (C=O) groups excluding carboxylic acids is 2. The summed E-state index contributed by atoms with van der Waals surface area (Å²) in [7, 11) is 0. The summed E-state index contributed by atoms with van der Waals surface area (Å²) in [6.07, 6.45) is 24.4. The second-order valence-corrected chi connectivity index (χ2v) is 13.0. The summed E-state index contributed by atoms with van der Waals surface area (Å²) in [6, 6.07) is 0. The number of fused-ring (bicyclic) bond motifs is 5. The SMILES string of the molecule is CCCCCCCCCCCCC(=O)O[C@H]1CC[C@H]2[C@@H]3CCC4=CC(=O)CC[C@@]4(C)[C@H]3CC[C@]12C. The van der Waals surface area contributed by atoms with Crippen LogP contribution in [0, 0.1) is 28.6 Å². The zero-order valence-corrected chi connectivity index (χ0v) is 23.0. The van der Waals surface area contributed by atoms with E-state index in [-0.39, 0.29) is 22.9 Å². The molecule has 0 radical (unpaired) electrons.